The summed E-state index contributed by atoms with van der Waals surface area (Å²) in [5.74, 6) is 2.40. The zero-order valence-corrected chi connectivity index (χ0v) is 37.2. The Hall–Kier alpha value is -2.59. The van der Waals surface area contributed by atoms with Crippen molar-refractivity contribution in [3.63, 3.8) is 0 Å². The van der Waals surface area contributed by atoms with E-state index >= 15 is 0 Å². The molecule has 5 N–H and O–H groups in total. The van der Waals surface area contributed by atoms with E-state index in [1.165, 1.54) is 25.7 Å². The molecule has 0 bridgehead atoms. The van der Waals surface area contributed by atoms with Gasteiger partial charge in [0.15, 0.2) is 0 Å². The number of unbranched alkanes of at least 4 members (excludes halogenated alkanes) is 1. The van der Waals surface area contributed by atoms with Gasteiger partial charge < -0.3 is 35.2 Å². The third-order valence-corrected chi connectivity index (χ3v) is 11.7. The van der Waals surface area contributed by atoms with Gasteiger partial charge in [-0.15, -0.1) is 11.8 Å². The standard InChI is InChI=1S/C18H30O2S.C16H25NO.C15H24O3/c1-4-8-17(19)15-9-7-10-16(13-15)21-14-18(20,11-5-2)12-6-3;1-2-6-16(18)14-9-5-10-15(11-14)17-12-13-7-3-4-8-13;1-3-7-15(16)13-8-6-9-14(12-13)18-11-5-4-10-17-2/h7,9-10,13,17,19-20H,4-6,8,11-12,14H2,1-3H3;5,9-11,13,16-18H,2-4,6-8,12H2,1H3;6,8-9,12,15-16H,3-5,7,10-11H2,1-2H3. The second kappa shape index (κ2) is 30.5. The van der Waals surface area contributed by atoms with Gasteiger partial charge in [0.2, 0.25) is 0 Å². The Balaban J connectivity index is 0.000000296. The summed E-state index contributed by atoms with van der Waals surface area (Å²) in [6, 6.07) is 24.1. The van der Waals surface area contributed by atoms with E-state index in [-0.39, 0.29) is 18.3 Å². The molecule has 0 aromatic heterocycles. The third kappa shape index (κ3) is 21.3. The van der Waals surface area contributed by atoms with E-state index < -0.39 is 5.60 Å². The average Bonchev–Trinajstić information content (AvgIpc) is 3.75. The minimum Gasteiger partial charge on any atom is -0.494 e. The van der Waals surface area contributed by atoms with E-state index in [0.717, 1.165) is 135 Å². The number of aliphatic hydroxyl groups excluding tert-OH is 3. The quantitative estimate of drug-likeness (QED) is 0.0425. The molecule has 0 aliphatic heterocycles. The van der Waals surface area contributed by atoms with Crippen molar-refractivity contribution in [2.45, 2.75) is 166 Å². The van der Waals surface area contributed by atoms with Gasteiger partial charge in [-0.25, -0.2) is 0 Å². The molecular weight excluding hydrogens is 731 g/mol. The molecule has 4 rings (SSSR count). The van der Waals surface area contributed by atoms with Crippen molar-refractivity contribution in [1.29, 1.82) is 0 Å². The van der Waals surface area contributed by atoms with Crippen molar-refractivity contribution in [3.05, 3.63) is 89.5 Å². The van der Waals surface area contributed by atoms with E-state index in [4.69, 9.17) is 9.47 Å². The molecule has 1 aliphatic carbocycles. The van der Waals surface area contributed by atoms with E-state index in [0.29, 0.717) is 6.61 Å². The Morgan fingerprint density at radius 2 is 1.21 bits per heavy atom. The highest BCUT2D eigenvalue weighted by molar-refractivity contribution is 7.99. The first-order valence-electron chi connectivity index (χ1n) is 22.2. The number of methoxy groups -OCH3 is 1. The summed E-state index contributed by atoms with van der Waals surface area (Å²) in [5, 5.41) is 44.2. The Kier molecular flexibility index (Phi) is 27.0. The van der Waals surface area contributed by atoms with Crippen molar-refractivity contribution in [2.24, 2.45) is 5.92 Å². The summed E-state index contributed by atoms with van der Waals surface area (Å²) in [6.45, 7) is 13.0. The maximum atomic E-state index is 10.7. The van der Waals surface area contributed by atoms with Crippen LogP contribution in [0.1, 0.15) is 172 Å². The normalized spacial score (nSPS) is 14.5. The van der Waals surface area contributed by atoms with Crippen LogP contribution in [-0.2, 0) is 4.74 Å². The summed E-state index contributed by atoms with van der Waals surface area (Å²) >= 11 is 1.70. The van der Waals surface area contributed by atoms with Gasteiger partial charge >= 0.3 is 0 Å². The molecule has 3 atom stereocenters. The summed E-state index contributed by atoms with van der Waals surface area (Å²) < 4.78 is 10.6. The number of anilines is 1. The Morgan fingerprint density at radius 1 is 0.684 bits per heavy atom. The second-order valence-electron chi connectivity index (χ2n) is 15.8. The Bertz CT molecular complexity index is 1430. The van der Waals surface area contributed by atoms with Gasteiger partial charge in [0.05, 0.1) is 30.5 Å². The molecule has 3 aromatic carbocycles. The molecule has 3 aromatic rings. The van der Waals surface area contributed by atoms with E-state index in [1.807, 2.05) is 48.5 Å². The number of thioether (sulfide) groups is 1. The first-order chi connectivity index (χ1) is 27.6. The molecule has 1 fully saturated rings. The van der Waals surface area contributed by atoms with E-state index in [1.54, 1.807) is 18.9 Å². The zero-order valence-electron chi connectivity index (χ0n) is 36.4. The number of ether oxygens (including phenoxy) is 2. The van der Waals surface area contributed by atoms with Crippen LogP contribution in [0.15, 0.2) is 77.7 Å². The predicted molar refractivity (Wildman–Crippen MR) is 241 cm³/mol. The molecule has 0 radical (unpaired) electrons. The number of benzene rings is 3. The van der Waals surface area contributed by atoms with Crippen molar-refractivity contribution < 1.29 is 29.9 Å². The molecule has 8 heteroatoms. The van der Waals surface area contributed by atoms with E-state index in [9.17, 15) is 20.4 Å². The van der Waals surface area contributed by atoms with Gasteiger partial charge in [0.25, 0.3) is 0 Å². The van der Waals surface area contributed by atoms with Crippen LogP contribution < -0.4 is 10.1 Å². The summed E-state index contributed by atoms with van der Waals surface area (Å²) in [6.07, 6.45) is 15.5. The summed E-state index contributed by atoms with van der Waals surface area (Å²) in [7, 11) is 1.71. The number of nitrogens with one attached hydrogen (secondary N) is 1. The molecule has 0 heterocycles. The Labute approximate surface area is 351 Å². The lowest BCUT2D eigenvalue weighted by molar-refractivity contribution is 0.0455. The molecule has 1 aliphatic rings. The van der Waals surface area contributed by atoms with Crippen molar-refractivity contribution in [3.8, 4) is 5.75 Å². The molecule has 7 nitrogen and oxygen atoms in total. The van der Waals surface area contributed by atoms with Gasteiger partial charge in [-0.1, -0.05) is 116 Å². The predicted octanol–water partition coefficient (Wildman–Crippen LogP) is 12.4. The average molecular weight is 810 g/mol. The number of hydrogen-bond donors (Lipinski definition) is 5. The highest BCUT2D eigenvalue weighted by atomic mass is 32.2. The molecule has 322 valence electrons. The van der Waals surface area contributed by atoms with Gasteiger partial charge in [-0.3, -0.25) is 0 Å². The van der Waals surface area contributed by atoms with Gasteiger partial charge in [-0.2, -0.15) is 0 Å². The van der Waals surface area contributed by atoms with Crippen LogP contribution in [0.5, 0.6) is 5.75 Å². The zero-order chi connectivity index (χ0) is 41.7. The monoisotopic (exact) mass is 810 g/mol. The van der Waals surface area contributed by atoms with E-state index in [2.05, 4.69) is 64.2 Å². The topological polar surface area (TPSA) is 111 Å². The molecule has 0 saturated heterocycles. The lowest BCUT2D eigenvalue weighted by Gasteiger charge is -2.27. The molecule has 3 unspecified atom stereocenters. The minimum absolute atomic E-state index is 0.316. The van der Waals surface area contributed by atoms with Crippen molar-refractivity contribution in [2.75, 3.05) is 37.9 Å². The molecule has 0 spiro atoms. The lowest BCUT2D eigenvalue weighted by atomic mass is 9.95. The maximum absolute atomic E-state index is 10.7. The molecule has 57 heavy (non-hydrogen) atoms. The van der Waals surface area contributed by atoms with Gasteiger partial charge in [0.1, 0.15) is 5.75 Å². The first kappa shape index (κ1) is 50.6. The second-order valence-corrected chi connectivity index (χ2v) is 16.8. The largest absolute Gasteiger partial charge is 0.494 e. The highest BCUT2D eigenvalue weighted by Crippen LogP contribution is 2.31. The highest BCUT2D eigenvalue weighted by Gasteiger charge is 2.25. The van der Waals surface area contributed by atoms with Crippen LogP contribution in [-0.4, -0.2) is 58.6 Å². The van der Waals surface area contributed by atoms with Crippen molar-refractivity contribution in [1.82, 2.24) is 0 Å². The summed E-state index contributed by atoms with van der Waals surface area (Å²) in [4.78, 5) is 1.13. The van der Waals surface area contributed by atoms with Crippen LogP contribution in [0.3, 0.4) is 0 Å². The Morgan fingerprint density at radius 3 is 1.77 bits per heavy atom. The fourth-order valence-electron chi connectivity index (χ4n) is 7.23. The van der Waals surface area contributed by atoms with Crippen LogP contribution >= 0.6 is 11.8 Å². The smallest absolute Gasteiger partial charge is 0.119 e. The lowest BCUT2D eigenvalue weighted by Crippen LogP contribution is -2.31. The molecule has 0 amide bonds. The van der Waals surface area contributed by atoms with Gasteiger partial charge in [-0.05, 0) is 117 Å². The fourth-order valence-corrected chi connectivity index (χ4v) is 8.35. The molecular formula is C49H79NO6S. The SMILES string of the molecule is CCCC(O)c1cccc(NCC2CCCC2)c1.CCCC(O)c1cccc(OCCCCOC)c1.CCCC(O)c1cccc(SCC(O)(CCC)CCC)c1. The number of aliphatic hydroxyl groups is 4. The first-order valence-corrected chi connectivity index (χ1v) is 23.1. The van der Waals surface area contributed by atoms with Crippen LogP contribution in [0, 0.1) is 5.92 Å². The van der Waals surface area contributed by atoms with Crippen LogP contribution in [0.4, 0.5) is 5.69 Å². The third-order valence-electron chi connectivity index (χ3n) is 10.5. The van der Waals surface area contributed by atoms with Crippen LogP contribution in [0.25, 0.3) is 0 Å². The summed E-state index contributed by atoms with van der Waals surface area (Å²) in [5.41, 5.74) is 3.54. The minimum atomic E-state index is -0.563. The van der Waals surface area contributed by atoms with Gasteiger partial charge in [0, 0.05) is 36.6 Å². The fraction of sp³-hybridized carbons (Fsp3) is 0.633. The molecule has 1 saturated carbocycles. The number of rotatable bonds is 25. The van der Waals surface area contributed by atoms with Crippen LogP contribution in [0.2, 0.25) is 0 Å². The maximum Gasteiger partial charge on any atom is 0.119 e. The van der Waals surface area contributed by atoms with Crippen molar-refractivity contribution >= 4 is 17.4 Å². The number of hydrogen-bond acceptors (Lipinski definition) is 8.